The monoisotopic (exact) mass is 305 g/mol. The summed E-state index contributed by atoms with van der Waals surface area (Å²) >= 11 is 0. The van der Waals surface area contributed by atoms with Gasteiger partial charge in [0.2, 0.25) is 0 Å². The number of nitrogens with zero attached hydrogens (tertiary/aromatic N) is 2. The third kappa shape index (κ3) is 2.95. The van der Waals surface area contributed by atoms with Crippen molar-refractivity contribution in [2.75, 3.05) is 32.9 Å². The molecule has 0 aromatic carbocycles. The van der Waals surface area contributed by atoms with Crippen molar-refractivity contribution in [1.29, 1.82) is 0 Å². The van der Waals surface area contributed by atoms with Crippen molar-refractivity contribution in [3.05, 3.63) is 29.6 Å². The Kier molecular flexibility index (Phi) is 4.08. The highest BCUT2D eigenvalue weighted by atomic mass is 16.5. The maximum absolute atomic E-state index is 12.6. The summed E-state index contributed by atoms with van der Waals surface area (Å²) < 4.78 is 11.4. The zero-order valence-corrected chi connectivity index (χ0v) is 12.3. The molecule has 1 unspecified atom stereocenters. The molecule has 1 spiro atoms. The molecular formula is C15H19N3O4. The fraction of sp³-hybridized carbons (Fsp3) is 0.533. The second-order valence-electron chi connectivity index (χ2n) is 5.71. The van der Waals surface area contributed by atoms with Crippen molar-refractivity contribution < 1.29 is 19.1 Å². The molecule has 3 heterocycles. The van der Waals surface area contributed by atoms with E-state index in [-0.39, 0.29) is 17.2 Å². The summed E-state index contributed by atoms with van der Waals surface area (Å²) in [5, 5.41) is 0. The molecule has 3 rings (SSSR count). The maximum Gasteiger partial charge on any atom is 0.267 e. The first-order chi connectivity index (χ1) is 10.6. The van der Waals surface area contributed by atoms with Gasteiger partial charge in [0.15, 0.2) is 0 Å². The van der Waals surface area contributed by atoms with Crippen LogP contribution in [-0.4, -0.2) is 60.2 Å². The first-order valence-electron chi connectivity index (χ1n) is 7.36. The average Bonchev–Trinajstić information content (AvgIpc) is 2.55. The van der Waals surface area contributed by atoms with E-state index < -0.39 is 5.91 Å². The molecular weight excluding hydrogens is 286 g/mol. The van der Waals surface area contributed by atoms with Crippen LogP contribution < -0.4 is 5.73 Å². The van der Waals surface area contributed by atoms with E-state index in [0.717, 1.165) is 19.4 Å². The molecule has 7 nitrogen and oxygen atoms in total. The molecule has 2 aliphatic heterocycles. The summed E-state index contributed by atoms with van der Waals surface area (Å²) in [4.78, 5) is 29.3. The summed E-state index contributed by atoms with van der Waals surface area (Å²) in [6.07, 6.45) is 3.23. The number of carbonyl (C=O) groups is 2. The lowest BCUT2D eigenvalue weighted by Gasteiger charge is -2.44. The molecule has 1 aromatic rings. The minimum absolute atomic E-state index is 0.114. The van der Waals surface area contributed by atoms with Crippen molar-refractivity contribution in [2.45, 2.75) is 18.4 Å². The molecule has 0 saturated carbocycles. The van der Waals surface area contributed by atoms with E-state index in [1.54, 1.807) is 11.0 Å². The first kappa shape index (κ1) is 14.9. The molecule has 22 heavy (non-hydrogen) atoms. The molecule has 0 aliphatic carbocycles. The third-order valence-electron chi connectivity index (χ3n) is 4.08. The fourth-order valence-corrected chi connectivity index (χ4v) is 2.93. The smallest absolute Gasteiger partial charge is 0.267 e. The summed E-state index contributed by atoms with van der Waals surface area (Å²) in [6.45, 7) is 2.83. The number of hydrogen-bond donors (Lipinski definition) is 1. The molecule has 1 aromatic heterocycles. The number of amides is 2. The predicted octanol–water partition coefficient (Wildman–Crippen LogP) is 0.202. The van der Waals surface area contributed by atoms with E-state index in [1.807, 2.05) is 0 Å². The number of carbonyl (C=O) groups excluding carboxylic acids is 2. The Morgan fingerprint density at radius 1 is 1.32 bits per heavy atom. The number of nitrogens with two attached hydrogens (primary N) is 1. The molecule has 118 valence electrons. The van der Waals surface area contributed by atoms with Crippen LogP contribution in [0.3, 0.4) is 0 Å². The van der Waals surface area contributed by atoms with Gasteiger partial charge in [-0.15, -0.1) is 0 Å². The summed E-state index contributed by atoms with van der Waals surface area (Å²) in [7, 11) is 0. The number of primary amides is 1. The lowest BCUT2D eigenvalue weighted by Crippen LogP contribution is -2.57. The van der Waals surface area contributed by atoms with Crippen LogP contribution in [0.25, 0.3) is 0 Å². The van der Waals surface area contributed by atoms with Gasteiger partial charge >= 0.3 is 0 Å². The van der Waals surface area contributed by atoms with Crippen LogP contribution in [0.5, 0.6) is 0 Å². The van der Waals surface area contributed by atoms with Crippen molar-refractivity contribution in [1.82, 2.24) is 9.88 Å². The Morgan fingerprint density at radius 2 is 2.18 bits per heavy atom. The number of ether oxygens (including phenoxy) is 2. The SMILES string of the molecule is NC(=O)c1ccc(C(=O)N2CCOC3(CCCOC3)C2)cn1. The van der Waals surface area contributed by atoms with Gasteiger partial charge in [0.05, 0.1) is 25.3 Å². The molecule has 2 saturated heterocycles. The highest BCUT2D eigenvalue weighted by molar-refractivity contribution is 5.95. The first-order valence-corrected chi connectivity index (χ1v) is 7.36. The van der Waals surface area contributed by atoms with Crippen LogP contribution in [0.15, 0.2) is 18.3 Å². The highest BCUT2D eigenvalue weighted by Crippen LogP contribution is 2.28. The van der Waals surface area contributed by atoms with E-state index >= 15 is 0 Å². The van der Waals surface area contributed by atoms with Gasteiger partial charge in [0.25, 0.3) is 11.8 Å². The number of aromatic nitrogens is 1. The Balaban J connectivity index is 1.72. The number of morpholine rings is 1. The largest absolute Gasteiger partial charge is 0.378 e. The Morgan fingerprint density at radius 3 is 2.82 bits per heavy atom. The lowest BCUT2D eigenvalue weighted by molar-refractivity contribution is -0.160. The summed E-state index contributed by atoms with van der Waals surface area (Å²) in [6, 6.07) is 3.05. The molecule has 2 N–H and O–H groups in total. The molecule has 1 atom stereocenters. The molecule has 2 amide bonds. The van der Waals surface area contributed by atoms with E-state index in [1.165, 1.54) is 12.3 Å². The molecule has 2 fully saturated rings. The molecule has 0 bridgehead atoms. The van der Waals surface area contributed by atoms with Crippen molar-refractivity contribution in [3.63, 3.8) is 0 Å². The van der Waals surface area contributed by atoms with Gasteiger partial charge in [0.1, 0.15) is 11.3 Å². The number of pyridine rings is 1. The summed E-state index contributed by atoms with van der Waals surface area (Å²) in [5.74, 6) is -0.722. The molecule has 2 aliphatic rings. The van der Waals surface area contributed by atoms with Crippen molar-refractivity contribution in [2.24, 2.45) is 5.73 Å². The number of rotatable bonds is 2. The lowest BCUT2D eigenvalue weighted by atomic mass is 9.94. The fourth-order valence-electron chi connectivity index (χ4n) is 2.93. The quantitative estimate of drug-likeness (QED) is 0.842. The third-order valence-corrected chi connectivity index (χ3v) is 4.08. The molecule has 0 radical (unpaired) electrons. The van der Waals surface area contributed by atoms with E-state index in [9.17, 15) is 9.59 Å². The van der Waals surface area contributed by atoms with Gasteiger partial charge in [-0.05, 0) is 25.0 Å². The maximum atomic E-state index is 12.6. The molecule has 7 heteroatoms. The minimum atomic E-state index is -0.608. The summed E-state index contributed by atoms with van der Waals surface area (Å²) in [5.41, 5.74) is 5.36. The average molecular weight is 305 g/mol. The van der Waals surface area contributed by atoms with Gasteiger partial charge in [0, 0.05) is 19.3 Å². The van der Waals surface area contributed by atoms with Crippen LogP contribution in [0.2, 0.25) is 0 Å². The Labute approximate surface area is 128 Å². The minimum Gasteiger partial charge on any atom is -0.378 e. The van der Waals surface area contributed by atoms with Gasteiger partial charge in [-0.2, -0.15) is 0 Å². The Bertz CT molecular complexity index is 561. The van der Waals surface area contributed by atoms with E-state index in [4.69, 9.17) is 15.2 Å². The van der Waals surface area contributed by atoms with Gasteiger partial charge in [-0.1, -0.05) is 0 Å². The predicted molar refractivity (Wildman–Crippen MR) is 77.4 cm³/mol. The Hall–Kier alpha value is -1.99. The zero-order valence-electron chi connectivity index (χ0n) is 12.3. The second-order valence-corrected chi connectivity index (χ2v) is 5.71. The van der Waals surface area contributed by atoms with Crippen molar-refractivity contribution >= 4 is 11.8 Å². The standard InChI is InChI=1S/C15H19N3O4/c16-13(19)12-3-2-11(8-17-12)14(20)18-5-7-22-15(9-18)4-1-6-21-10-15/h2-3,8H,1,4-7,9-10H2,(H2,16,19). The van der Waals surface area contributed by atoms with Crippen LogP contribution in [-0.2, 0) is 9.47 Å². The van der Waals surface area contributed by atoms with Gasteiger partial charge < -0.3 is 20.1 Å². The number of hydrogen-bond acceptors (Lipinski definition) is 5. The van der Waals surface area contributed by atoms with Gasteiger partial charge in [-0.3, -0.25) is 14.6 Å². The van der Waals surface area contributed by atoms with Crippen molar-refractivity contribution in [3.8, 4) is 0 Å². The second kappa shape index (κ2) is 6.02. The highest BCUT2D eigenvalue weighted by Gasteiger charge is 2.40. The zero-order chi connectivity index (χ0) is 15.6. The van der Waals surface area contributed by atoms with Crippen LogP contribution in [0.1, 0.15) is 33.7 Å². The van der Waals surface area contributed by atoms with Crippen LogP contribution in [0, 0.1) is 0 Å². The van der Waals surface area contributed by atoms with Crippen LogP contribution in [0.4, 0.5) is 0 Å². The normalized spacial score (nSPS) is 25.2. The van der Waals surface area contributed by atoms with E-state index in [0.29, 0.717) is 31.9 Å². The van der Waals surface area contributed by atoms with Gasteiger partial charge in [-0.25, -0.2) is 0 Å². The van der Waals surface area contributed by atoms with Crippen LogP contribution >= 0.6 is 0 Å². The van der Waals surface area contributed by atoms with E-state index in [2.05, 4.69) is 4.98 Å². The topological polar surface area (TPSA) is 94.8 Å².